The quantitative estimate of drug-likeness (QED) is 0.566. The van der Waals surface area contributed by atoms with Gasteiger partial charge in [0.1, 0.15) is 12.3 Å². The first-order valence-corrected chi connectivity index (χ1v) is 8.15. The van der Waals surface area contributed by atoms with Gasteiger partial charge < -0.3 is 25.0 Å². The maximum atomic E-state index is 10.7. The Morgan fingerprint density at radius 1 is 1.27 bits per heavy atom. The molecule has 2 heterocycles. The number of nitrogens with zero attached hydrogens (tertiary/aromatic N) is 3. The molecule has 0 saturated carbocycles. The molecule has 0 bridgehead atoms. The number of H-pyrrole nitrogens is 1. The van der Waals surface area contributed by atoms with Crippen LogP contribution in [0.3, 0.4) is 0 Å². The fourth-order valence-corrected chi connectivity index (χ4v) is 2.64. The lowest BCUT2D eigenvalue weighted by atomic mass is 10.2. The molecule has 8 nitrogen and oxygen atoms in total. The third kappa shape index (κ3) is 4.28. The number of nitrogens with one attached hydrogen (secondary N) is 2. The highest BCUT2D eigenvalue weighted by atomic mass is 16.5. The van der Waals surface area contributed by atoms with Crippen molar-refractivity contribution in [3.63, 3.8) is 0 Å². The molecule has 3 rings (SSSR count). The van der Waals surface area contributed by atoms with Gasteiger partial charge in [0.15, 0.2) is 0 Å². The minimum atomic E-state index is -0.919. The largest absolute Gasteiger partial charge is 0.497 e. The van der Waals surface area contributed by atoms with Crippen molar-refractivity contribution < 1.29 is 14.6 Å². The predicted octanol–water partition coefficient (Wildman–Crippen LogP) is 1.78. The summed E-state index contributed by atoms with van der Waals surface area (Å²) in [6, 6.07) is 8.01. The highest BCUT2D eigenvalue weighted by molar-refractivity contribution is 5.81. The van der Waals surface area contributed by atoms with Crippen molar-refractivity contribution in [1.82, 2.24) is 20.3 Å². The molecular weight excluding hydrogens is 334 g/mol. The normalized spacial score (nSPS) is 10.8. The number of rotatable bonds is 8. The van der Waals surface area contributed by atoms with Gasteiger partial charge in [0.2, 0.25) is 5.95 Å². The van der Waals surface area contributed by atoms with Crippen molar-refractivity contribution >= 4 is 22.8 Å². The van der Waals surface area contributed by atoms with Gasteiger partial charge in [-0.15, -0.1) is 0 Å². The van der Waals surface area contributed by atoms with E-state index in [9.17, 15) is 4.79 Å². The van der Waals surface area contributed by atoms with Crippen molar-refractivity contribution in [3.8, 4) is 5.75 Å². The number of anilines is 1. The maximum absolute atomic E-state index is 10.7. The summed E-state index contributed by atoms with van der Waals surface area (Å²) in [5.41, 5.74) is 3.07. The molecule has 0 saturated heterocycles. The Kier molecular flexibility index (Phi) is 5.33. The summed E-state index contributed by atoms with van der Waals surface area (Å²) in [5, 5.41) is 13.2. The Morgan fingerprint density at radius 3 is 2.73 bits per heavy atom. The second-order valence-corrected chi connectivity index (χ2v) is 5.99. The minimum Gasteiger partial charge on any atom is -0.497 e. The summed E-state index contributed by atoms with van der Waals surface area (Å²) in [6.45, 7) is 1.15. The molecule has 0 aliphatic carbocycles. The second-order valence-electron chi connectivity index (χ2n) is 5.99. The molecule has 1 aromatic carbocycles. The molecule has 0 spiro atoms. The van der Waals surface area contributed by atoms with Crippen LogP contribution < -0.4 is 15.0 Å². The molecule has 0 fully saturated rings. The molecule has 0 unspecified atom stereocenters. The van der Waals surface area contributed by atoms with Crippen LogP contribution in [0.2, 0.25) is 0 Å². The standard InChI is InChI=1S/C18H21N5O3/c1-23(11-17(24)25)18-20-8-12(9-21-18)7-19-10-14-5-13-6-15(26-2)3-4-16(13)22-14/h3-6,8-9,19,22H,7,10-11H2,1-2H3,(H,24,25). The maximum Gasteiger partial charge on any atom is 0.323 e. The van der Waals surface area contributed by atoms with E-state index in [1.807, 2.05) is 18.2 Å². The number of carboxylic acid groups (broad SMARTS) is 1. The van der Waals surface area contributed by atoms with Gasteiger partial charge in [0.25, 0.3) is 0 Å². The number of aromatic amines is 1. The van der Waals surface area contributed by atoms with Crippen molar-refractivity contribution in [2.75, 3.05) is 25.6 Å². The van der Waals surface area contributed by atoms with Crippen LogP contribution in [-0.2, 0) is 17.9 Å². The van der Waals surface area contributed by atoms with Crippen LogP contribution in [0.4, 0.5) is 5.95 Å². The number of ether oxygens (including phenoxy) is 1. The van der Waals surface area contributed by atoms with Crippen molar-refractivity contribution in [2.45, 2.75) is 13.1 Å². The number of aliphatic carboxylic acids is 1. The molecule has 2 aromatic heterocycles. The molecule has 8 heteroatoms. The summed E-state index contributed by atoms with van der Waals surface area (Å²) in [7, 11) is 3.30. The van der Waals surface area contributed by atoms with Crippen LogP contribution in [0.1, 0.15) is 11.3 Å². The summed E-state index contributed by atoms with van der Waals surface area (Å²) in [5.74, 6) is 0.305. The van der Waals surface area contributed by atoms with Crippen LogP contribution in [0.25, 0.3) is 10.9 Å². The summed E-state index contributed by atoms with van der Waals surface area (Å²) >= 11 is 0. The predicted molar refractivity (Wildman–Crippen MR) is 98.3 cm³/mol. The second kappa shape index (κ2) is 7.83. The van der Waals surface area contributed by atoms with Crippen LogP contribution in [0, 0.1) is 0 Å². The fourth-order valence-electron chi connectivity index (χ4n) is 2.64. The Morgan fingerprint density at radius 2 is 2.04 bits per heavy atom. The summed E-state index contributed by atoms with van der Waals surface area (Å²) < 4.78 is 5.24. The van der Waals surface area contributed by atoms with Gasteiger partial charge >= 0.3 is 5.97 Å². The fraction of sp³-hybridized carbons (Fsp3) is 0.278. The lowest BCUT2D eigenvalue weighted by Crippen LogP contribution is -2.26. The smallest absolute Gasteiger partial charge is 0.323 e. The number of aromatic nitrogens is 3. The Balaban J connectivity index is 1.55. The molecule has 0 amide bonds. The van der Waals surface area contributed by atoms with E-state index in [0.29, 0.717) is 19.0 Å². The van der Waals surface area contributed by atoms with Gasteiger partial charge in [-0.1, -0.05) is 0 Å². The molecule has 0 atom stereocenters. The lowest BCUT2D eigenvalue weighted by Gasteiger charge is -2.14. The first-order valence-electron chi connectivity index (χ1n) is 8.15. The molecule has 3 aromatic rings. The van der Waals surface area contributed by atoms with Gasteiger partial charge in [0.05, 0.1) is 7.11 Å². The van der Waals surface area contributed by atoms with Crippen LogP contribution >= 0.6 is 0 Å². The number of hydrogen-bond donors (Lipinski definition) is 3. The van der Waals surface area contributed by atoms with Gasteiger partial charge in [-0.3, -0.25) is 4.79 Å². The van der Waals surface area contributed by atoms with Crippen LogP contribution in [0.5, 0.6) is 5.75 Å². The molecule has 3 N–H and O–H groups in total. The van der Waals surface area contributed by atoms with Crippen LogP contribution in [0.15, 0.2) is 36.7 Å². The minimum absolute atomic E-state index is 0.136. The molecule has 26 heavy (non-hydrogen) atoms. The molecule has 136 valence electrons. The SMILES string of the molecule is COc1ccc2[nH]c(CNCc3cnc(N(C)CC(=O)O)nc3)cc2c1. The highest BCUT2D eigenvalue weighted by Crippen LogP contribution is 2.21. The lowest BCUT2D eigenvalue weighted by molar-refractivity contribution is -0.135. The Bertz CT molecular complexity index is 891. The number of fused-ring (bicyclic) bond motifs is 1. The number of methoxy groups -OCH3 is 1. The summed E-state index contributed by atoms with van der Waals surface area (Å²) in [4.78, 5) is 24.0. The molecule has 0 aliphatic rings. The molecule has 0 aliphatic heterocycles. The van der Waals surface area contributed by atoms with Crippen LogP contribution in [-0.4, -0.2) is 46.7 Å². The number of carbonyl (C=O) groups is 1. The van der Waals surface area contributed by atoms with E-state index in [1.165, 1.54) is 4.90 Å². The highest BCUT2D eigenvalue weighted by Gasteiger charge is 2.08. The van der Waals surface area contributed by atoms with Crippen molar-refractivity contribution in [3.05, 3.63) is 47.9 Å². The van der Waals surface area contributed by atoms with Gasteiger partial charge in [-0.05, 0) is 24.3 Å². The van der Waals surface area contributed by atoms with Gasteiger partial charge in [-0.2, -0.15) is 0 Å². The topological polar surface area (TPSA) is 103 Å². The van der Waals surface area contributed by atoms with E-state index in [1.54, 1.807) is 26.6 Å². The molecule has 0 radical (unpaired) electrons. The number of carboxylic acids is 1. The van der Waals surface area contributed by atoms with E-state index in [2.05, 4.69) is 26.3 Å². The van der Waals surface area contributed by atoms with E-state index in [0.717, 1.165) is 27.9 Å². The zero-order chi connectivity index (χ0) is 18.5. The monoisotopic (exact) mass is 355 g/mol. The first kappa shape index (κ1) is 17.7. The first-order chi connectivity index (χ1) is 12.5. The Labute approximate surface area is 150 Å². The van der Waals surface area contributed by atoms with Crippen molar-refractivity contribution in [1.29, 1.82) is 0 Å². The average molecular weight is 355 g/mol. The van der Waals surface area contributed by atoms with Gasteiger partial charge in [-0.25, -0.2) is 9.97 Å². The zero-order valence-corrected chi connectivity index (χ0v) is 14.7. The third-order valence-corrected chi connectivity index (χ3v) is 3.93. The number of benzene rings is 1. The van der Waals surface area contributed by atoms with E-state index in [-0.39, 0.29) is 6.54 Å². The van der Waals surface area contributed by atoms with E-state index in [4.69, 9.17) is 9.84 Å². The van der Waals surface area contributed by atoms with E-state index >= 15 is 0 Å². The Hall–Kier alpha value is -3.13. The molecular formula is C18H21N5O3. The third-order valence-electron chi connectivity index (χ3n) is 3.93. The average Bonchev–Trinajstić information content (AvgIpc) is 3.03. The number of likely N-dealkylation sites (N-methyl/N-ethyl adjacent to an activating group) is 1. The zero-order valence-electron chi connectivity index (χ0n) is 14.7. The van der Waals surface area contributed by atoms with Gasteiger partial charge in [0, 0.05) is 54.7 Å². The summed E-state index contributed by atoms with van der Waals surface area (Å²) in [6.07, 6.45) is 3.40. The van der Waals surface area contributed by atoms with E-state index < -0.39 is 5.97 Å². The number of hydrogen-bond acceptors (Lipinski definition) is 6. The van der Waals surface area contributed by atoms with Crippen molar-refractivity contribution in [2.24, 2.45) is 0 Å².